The average Bonchev–Trinajstić information content (AvgIpc) is 2.66. The first-order valence-corrected chi connectivity index (χ1v) is 5.59. The van der Waals surface area contributed by atoms with E-state index >= 15 is 0 Å². The minimum Gasteiger partial charge on any atom is -1.00 e. The second kappa shape index (κ2) is 6.07. The topological polar surface area (TPSA) is 54.9 Å². The van der Waals surface area contributed by atoms with Crippen LogP contribution in [0.3, 0.4) is 0 Å². The zero-order valence-corrected chi connectivity index (χ0v) is 11.5. The highest BCUT2D eigenvalue weighted by Gasteiger charge is 2.29. The normalized spacial score (nSPS) is 17.2. The van der Waals surface area contributed by atoms with E-state index in [0.29, 0.717) is 12.4 Å². The van der Waals surface area contributed by atoms with Gasteiger partial charge >= 0.3 is 0 Å². The highest BCUT2D eigenvalue weighted by molar-refractivity contribution is 5.90. The molecule has 1 aliphatic rings. The average molecular weight is 301 g/mol. The van der Waals surface area contributed by atoms with Gasteiger partial charge in [-0.3, -0.25) is 4.79 Å². The molecular formula is C11H17BrN4O. The SMILES string of the molecule is C[N+]1(CC(=O)Nc2cccnn2)CCCC1.[Br-]. The van der Waals surface area contributed by atoms with Crippen LogP contribution in [-0.4, -0.2) is 47.3 Å². The van der Waals surface area contributed by atoms with Gasteiger partial charge in [-0.1, -0.05) is 0 Å². The summed E-state index contributed by atoms with van der Waals surface area (Å²) in [5.74, 6) is 0.545. The van der Waals surface area contributed by atoms with E-state index in [1.54, 1.807) is 18.3 Å². The van der Waals surface area contributed by atoms with E-state index in [9.17, 15) is 4.79 Å². The van der Waals surface area contributed by atoms with E-state index in [-0.39, 0.29) is 22.9 Å². The van der Waals surface area contributed by atoms with Crippen molar-refractivity contribution in [2.45, 2.75) is 12.8 Å². The van der Waals surface area contributed by atoms with Crippen LogP contribution in [0.5, 0.6) is 0 Å². The molecule has 0 radical (unpaired) electrons. The molecule has 1 N–H and O–H groups in total. The van der Waals surface area contributed by atoms with Crippen LogP contribution in [0.4, 0.5) is 5.82 Å². The maximum atomic E-state index is 11.8. The maximum Gasteiger partial charge on any atom is 0.280 e. The maximum absolute atomic E-state index is 11.8. The zero-order chi connectivity index (χ0) is 11.4. The molecule has 94 valence electrons. The Labute approximate surface area is 112 Å². The second-order valence-electron chi connectivity index (χ2n) is 4.59. The van der Waals surface area contributed by atoms with Gasteiger partial charge in [0.2, 0.25) is 0 Å². The van der Waals surface area contributed by atoms with Crippen LogP contribution < -0.4 is 22.3 Å². The Bertz CT molecular complexity index is 365. The Kier molecular flexibility index (Phi) is 5.02. The van der Waals surface area contributed by atoms with E-state index < -0.39 is 0 Å². The monoisotopic (exact) mass is 300 g/mol. The number of aromatic nitrogens is 2. The summed E-state index contributed by atoms with van der Waals surface area (Å²) in [4.78, 5) is 11.8. The highest BCUT2D eigenvalue weighted by Crippen LogP contribution is 2.15. The zero-order valence-electron chi connectivity index (χ0n) is 9.90. The van der Waals surface area contributed by atoms with E-state index in [2.05, 4.69) is 22.6 Å². The number of nitrogens with zero attached hydrogens (tertiary/aromatic N) is 3. The number of halogens is 1. The molecule has 0 spiro atoms. The first-order chi connectivity index (χ1) is 7.68. The number of likely N-dealkylation sites (tertiary alicyclic amines) is 1. The summed E-state index contributed by atoms with van der Waals surface area (Å²) in [5, 5.41) is 10.3. The van der Waals surface area contributed by atoms with Crippen molar-refractivity contribution >= 4 is 11.7 Å². The summed E-state index contributed by atoms with van der Waals surface area (Å²) >= 11 is 0. The fourth-order valence-corrected chi connectivity index (χ4v) is 2.15. The Morgan fingerprint density at radius 3 is 2.76 bits per heavy atom. The molecule has 5 nitrogen and oxygen atoms in total. The summed E-state index contributed by atoms with van der Waals surface area (Å²) in [6, 6.07) is 3.50. The van der Waals surface area contributed by atoms with Crippen LogP contribution in [0.1, 0.15) is 12.8 Å². The van der Waals surface area contributed by atoms with Crippen molar-refractivity contribution in [3.8, 4) is 0 Å². The van der Waals surface area contributed by atoms with Gasteiger partial charge in [0, 0.05) is 19.0 Å². The number of nitrogens with one attached hydrogen (secondary N) is 1. The largest absolute Gasteiger partial charge is 1.00 e. The predicted octanol–water partition coefficient (Wildman–Crippen LogP) is -2.34. The van der Waals surface area contributed by atoms with Crippen molar-refractivity contribution in [3.05, 3.63) is 18.3 Å². The standard InChI is InChI=1S/C11H16N4O.BrH/c1-15(7-2-3-8-15)9-11(16)13-10-5-4-6-12-14-10;/h4-6H,2-3,7-9H2,1H3;1H. The van der Waals surface area contributed by atoms with Crippen LogP contribution in [0.2, 0.25) is 0 Å². The molecule has 0 saturated carbocycles. The first-order valence-electron chi connectivity index (χ1n) is 5.59. The van der Waals surface area contributed by atoms with Crippen molar-refractivity contribution < 1.29 is 26.3 Å². The van der Waals surface area contributed by atoms with Crippen molar-refractivity contribution in [3.63, 3.8) is 0 Å². The molecule has 0 bridgehead atoms. The fourth-order valence-electron chi connectivity index (χ4n) is 2.15. The summed E-state index contributed by atoms with van der Waals surface area (Å²) in [5.41, 5.74) is 0. The Hall–Kier alpha value is -1.01. The van der Waals surface area contributed by atoms with Gasteiger partial charge in [0.15, 0.2) is 12.4 Å². The molecular weight excluding hydrogens is 284 g/mol. The molecule has 1 saturated heterocycles. The van der Waals surface area contributed by atoms with Gasteiger partial charge in [-0.2, -0.15) is 5.10 Å². The van der Waals surface area contributed by atoms with Gasteiger partial charge in [0.1, 0.15) is 0 Å². The Morgan fingerprint density at radius 2 is 2.18 bits per heavy atom. The van der Waals surface area contributed by atoms with Crippen LogP contribution >= 0.6 is 0 Å². The number of hydrogen-bond donors (Lipinski definition) is 1. The number of anilines is 1. The number of likely N-dealkylation sites (N-methyl/N-ethyl adjacent to an activating group) is 1. The molecule has 6 heteroatoms. The smallest absolute Gasteiger partial charge is 0.280 e. The van der Waals surface area contributed by atoms with Crippen LogP contribution in [0.25, 0.3) is 0 Å². The summed E-state index contributed by atoms with van der Waals surface area (Å²) in [6.07, 6.45) is 4.02. The van der Waals surface area contributed by atoms with Crippen LogP contribution in [-0.2, 0) is 4.79 Å². The lowest BCUT2D eigenvalue weighted by molar-refractivity contribution is -0.889. The molecule has 1 amide bonds. The van der Waals surface area contributed by atoms with E-state index in [1.165, 1.54) is 12.8 Å². The van der Waals surface area contributed by atoms with Crippen molar-refractivity contribution in [2.75, 3.05) is 32.0 Å². The fraction of sp³-hybridized carbons (Fsp3) is 0.545. The summed E-state index contributed by atoms with van der Waals surface area (Å²) in [7, 11) is 2.13. The molecule has 1 fully saturated rings. The molecule has 1 aromatic rings. The second-order valence-corrected chi connectivity index (χ2v) is 4.59. The van der Waals surface area contributed by atoms with Crippen molar-refractivity contribution in [2.24, 2.45) is 0 Å². The number of rotatable bonds is 3. The van der Waals surface area contributed by atoms with Gasteiger partial charge in [-0.15, -0.1) is 5.10 Å². The number of amides is 1. The van der Waals surface area contributed by atoms with Gasteiger partial charge in [0.25, 0.3) is 5.91 Å². The number of carbonyl (C=O) groups excluding carboxylic acids is 1. The summed E-state index contributed by atoms with van der Waals surface area (Å²) in [6.45, 7) is 2.71. The van der Waals surface area contributed by atoms with E-state index in [4.69, 9.17) is 0 Å². The third kappa shape index (κ3) is 4.05. The van der Waals surface area contributed by atoms with Crippen LogP contribution in [0.15, 0.2) is 18.3 Å². The lowest BCUT2D eigenvalue weighted by atomic mass is 10.4. The van der Waals surface area contributed by atoms with Crippen LogP contribution in [0, 0.1) is 0 Å². The third-order valence-corrected chi connectivity index (χ3v) is 3.01. The van der Waals surface area contributed by atoms with E-state index in [1.807, 2.05) is 0 Å². The molecule has 17 heavy (non-hydrogen) atoms. The van der Waals surface area contributed by atoms with Crippen molar-refractivity contribution in [1.82, 2.24) is 10.2 Å². The molecule has 2 rings (SSSR count). The van der Waals surface area contributed by atoms with E-state index in [0.717, 1.165) is 17.6 Å². The summed E-state index contributed by atoms with van der Waals surface area (Å²) < 4.78 is 0.839. The lowest BCUT2D eigenvalue weighted by Gasteiger charge is -2.27. The van der Waals surface area contributed by atoms with Crippen molar-refractivity contribution in [1.29, 1.82) is 0 Å². The molecule has 1 aromatic heterocycles. The van der Waals surface area contributed by atoms with Gasteiger partial charge < -0.3 is 26.8 Å². The predicted molar refractivity (Wildman–Crippen MR) is 60.7 cm³/mol. The van der Waals surface area contributed by atoms with Gasteiger partial charge in [-0.25, -0.2) is 0 Å². The first kappa shape index (κ1) is 14.1. The quantitative estimate of drug-likeness (QED) is 0.637. The number of hydrogen-bond acceptors (Lipinski definition) is 3. The van der Waals surface area contributed by atoms with Gasteiger partial charge in [0.05, 0.1) is 20.1 Å². The lowest BCUT2D eigenvalue weighted by Crippen LogP contribution is -3.00. The molecule has 0 aromatic carbocycles. The number of carbonyl (C=O) groups is 1. The molecule has 0 atom stereocenters. The Balaban J connectivity index is 0.00000144. The molecule has 1 aliphatic heterocycles. The van der Waals surface area contributed by atoms with Gasteiger partial charge in [-0.05, 0) is 12.1 Å². The third-order valence-electron chi connectivity index (χ3n) is 3.01. The number of quaternary nitrogens is 1. The Morgan fingerprint density at radius 1 is 1.47 bits per heavy atom. The highest BCUT2D eigenvalue weighted by atomic mass is 79.9. The molecule has 0 unspecified atom stereocenters. The minimum atomic E-state index is 0. The molecule has 0 aliphatic carbocycles. The minimum absolute atomic E-state index is 0. The molecule has 2 heterocycles.